The third kappa shape index (κ3) is 2.44. The minimum absolute atomic E-state index is 0.211. The maximum Gasteiger partial charge on any atom is 0.128 e. The van der Waals surface area contributed by atoms with Gasteiger partial charge in [-0.25, -0.2) is 4.39 Å². The minimum atomic E-state index is -0.771. The maximum absolute atomic E-state index is 14.6. The first-order chi connectivity index (χ1) is 8.84. The molecule has 0 radical (unpaired) electrons. The van der Waals surface area contributed by atoms with Crippen LogP contribution in [0, 0.1) is 5.92 Å². The molecule has 1 unspecified atom stereocenters. The molecule has 3 rings (SSSR count). The quantitative estimate of drug-likeness (QED) is 0.852. The Morgan fingerprint density at radius 1 is 1.11 bits per heavy atom. The van der Waals surface area contributed by atoms with E-state index in [1.807, 2.05) is 12.1 Å². The Bertz CT molecular complexity index is 394. The van der Waals surface area contributed by atoms with Crippen LogP contribution < -0.4 is 5.32 Å². The van der Waals surface area contributed by atoms with Gasteiger partial charge >= 0.3 is 0 Å². The highest BCUT2D eigenvalue weighted by Gasteiger charge is 2.26. The van der Waals surface area contributed by atoms with Gasteiger partial charge in [-0.1, -0.05) is 30.7 Å². The molecule has 1 aliphatic heterocycles. The van der Waals surface area contributed by atoms with Crippen molar-refractivity contribution < 1.29 is 4.39 Å². The predicted molar refractivity (Wildman–Crippen MR) is 72.5 cm³/mol. The van der Waals surface area contributed by atoms with Crippen LogP contribution in [-0.4, -0.2) is 13.1 Å². The number of benzene rings is 1. The highest BCUT2D eigenvalue weighted by molar-refractivity contribution is 5.29. The average Bonchev–Trinajstić information content (AvgIpc) is 2.37. The van der Waals surface area contributed by atoms with Gasteiger partial charge in [0.25, 0.3) is 0 Å². The Morgan fingerprint density at radius 2 is 1.89 bits per heavy atom. The van der Waals surface area contributed by atoms with Crippen LogP contribution in [0.15, 0.2) is 24.3 Å². The fraction of sp³-hybridized carbons (Fsp3) is 0.625. The second-order valence-electron chi connectivity index (χ2n) is 5.79. The Morgan fingerprint density at radius 3 is 2.56 bits per heavy atom. The van der Waals surface area contributed by atoms with Gasteiger partial charge < -0.3 is 5.32 Å². The summed E-state index contributed by atoms with van der Waals surface area (Å²) in [6.45, 7) is 1.93. The second kappa shape index (κ2) is 5.40. The lowest BCUT2D eigenvalue weighted by atomic mass is 9.79. The molecule has 2 fully saturated rings. The van der Waals surface area contributed by atoms with Crippen LogP contribution in [0.1, 0.15) is 55.3 Å². The lowest BCUT2D eigenvalue weighted by Gasteiger charge is -2.28. The summed E-state index contributed by atoms with van der Waals surface area (Å²) >= 11 is 0. The molecule has 1 aromatic carbocycles. The van der Waals surface area contributed by atoms with Crippen molar-refractivity contribution in [3.63, 3.8) is 0 Å². The summed E-state index contributed by atoms with van der Waals surface area (Å²) in [7, 11) is 0. The SMILES string of the molecule is FC(c1cccc(C2CCC2)c1)C1CCNCC1. The van der Waals surface area contributed by atoms with Crippen molar-refractivity contribution in [2.24, 2.45) is 5.92 Å². The summed E-state index contributed by atoms with van der Waals surface area (Å²) in [4.78, 5) is 0. The van der Waals surface area contributed by atoms with Gasteiger partial charge in [0, 0.05) is 0 Å². The maximum atomic E-state index is 14.6. The van der Waals surface area contributed by atoms with Crippen molar-refractivity contribution in [2.75, 3.05) is 13.1 Å². The summed E-state index contributed by atoms with van der Waals surface area (Å²) in [5, 5.41) is 3.30. The zero-order chi connectivity index (χ0) is 12.4. The van der Waals surface area contributed by atoms with Crippen molar-refractivity contribution in [1.29, 1.82) is 0 Å². The molecule has 1 heterocycles. The molecule has 1 nitrogen and oxygen atoms in total. The molecule has 1 N–H and O–H groups in total. The Kier molecular flexibility index (Phi) is 3.64. The molecule has 1 aliphatic carbocycles. The third-order valence-electron chi connectivity index (χ3n) is 4.60. The van der Waals surface area contributed by atoms with E-state index in [0.29, 0.717) is 5.92 Å². The molecule has 2 heteroatoms. The summed E-state index contributed by atoms with van der Waals surface area (Å²) in [5.41, 5.74) is 2.27. The van der Waals surface area contributed by atoms with E-state index in [1.165, 1.54) is 24.8 Å². The van der Waals surface area contributed by atoms with Gasteiger partial charge in [0.15, 0.2) is 0 Å². The summed E-state index contributed by atoms with van der Waals surface area (Å²) in [6, 6.07) is 8.30. The summed E-state index contributed by atoms with van der Waals surface area (Å²) in [6.07, 6.45) is 5.07. The molecule has 1 atom stereocenters. The lowest BCUT2D eigenvalue weighted by Crippen LogP contribution is -2.29. The van der Waals surface area contributed by atoms with Gasteiger partial charge in [0.05, 0.1) is 0 Å². The monoisotopic (exact) mass is 247 g/mol. The van der Waals surface area contributed by atoms with Crippen LogP contribution in [0.4, 0.5) is 4.39 Å². The number of hydrogen-bond donors (Lipinski definition) is 1. The molecule has 1 saturated carbocycles. The zero-order valence-corrected chi connectivity index (χ0v) is 10.9. The van der Waals surface area contributed by atoms with Crippen LogP contribution in [0.25, 0.3) is 0 Å². The fourth-order valence-electron chi connectivity index (χ4n) is 3.14. The second-order valence-corrected chi connectivity index (χ2v) is 5.79. The minimum Gasteiger partial charge on any atom is -0.317 e. The van der Waals surface area contributed by atoms with Gasteiger partial charge in [-0.2, -0.15) is 0 Å². The van der Waals surface area contributed by atoms with Gasteiger partial charge in [-0.15, -0.1) is 0 Å². The van der Waals surface area contributed by atoms with E-state index in [1.54, 1.807) is 0 Å². The molecule has 1 aromatic rings. The van der Waals surface area contributed by atoms with Crippen LogP contribution in [-0.2, 0) is 0 Å². The molecular formula is C16H22FN. The van der Waals surface area contributed by atoms with E-state index in [2.05, 4.69) is 17.4 Å². The predicted octanol–water partition coefficient (Wildman–Crippen LogP) is 3.96. The standard InChI is InChI=1S/C16H22FN/c17-16(13-7-9-18-10-8-13)15-6-2-5-14(11-15)12-3-1-4-12/h2,5-6,11-13,16,18H,1,3-4,7-10H2. The van der Waals surface area contributed by atoms with E-state index < -0.39 is 6.17 Å². The number of nitrogens with one attached hydrogen (secondary N) is 1. The number of piperidine rings is 1. The molecule has 0 amide bonds. The van der Waals surface area contributed by atoms with Crippen molar-refractivity contribution in [1.82, 2.24) is 5.32 Å². The van der Waals surface area contributed by atoms with Crippen molar-refractivity contribution in [3.8, 4) is 0 Å². The number of rotatable bonds is 3. The molecule has 98 valence electrons. The molecule has 0 bridgehead atoms. The highest BCUT2D eigenvalue weighted by Crippen LogP contribution is 2.39. The van der Waals surface area contributed by atoms with E-state index in [4.69, 9.17) is 0 Å². The zero-order valence-electron chi connectivity index (χ0n) is 10.9. The van der Waals surface area contributed by atoms with Crippen LogP contribution in [0.2, 0.25) is 0 Å². The summed E-state index contributed by atoms with van der Waals surface area (Å²) in [5.74, 6) is 0.910. The summed E-state index contributed by atoms with van der Waals surface area (Å²) < 4.78 is 14.6. The Hall–Kier alpha value is -0.890. The van der Waals surface area contributed by atoms with Crippen LogP contribution in [0.5, 0.6) is 0 Å². The molecule has 18 heavy (non-hydrogen) atoms. The normalized spacial score (nSPS) is 23.6. The largest absolute Gasteiger partial charge is 0.317 e. The lowest BCUT2D eigenvalue weighted by molar-refractivity contribution is 0.190. The molecule has 2 aliphatic rings. The molecule has 0 spiro atoms. The highest BCUT2D eigenvalue weighted by atomic mass is 19.1. The number of hydrogen-bond acceptors (Lipinski definition) is 1. The van der Waals surface area contributed by atoms with Gasteiger partial charge in [-0.05, 0) is 61.7 Å². The Balaban J connectivity index is 1.73. The van der Waals surface area contributed by atoms with E-state index >= 15 is 0 Å². The number of alkyl halides is 1. The fourth-order valence-corrected chi connectivity index (χ4v) is 3.14. The van der Waals surface area contributed by atoms with Gasteiger partial charge in [-0.3, -0.25) is 0 Å². The third-order valence-corrected chi connectivity index (χ3v) is 4.60. The smallest absolute Gasteiger partial charge is 0.128 e. The van der Waals surface area contributed by atoms with Crippen molar-refractivity contribution >= 4 is 0 Å². The number of halogens is 1. The first-order valence-electron chi connectivity index (χ1n) is 7.29. The van der Waals surface area contributed by atoms with Crippen molar-refractivity contribution in [2.45, 2.75) is 44.2 Å². The Labute approximate surface area is 109 Å². The first-order valence-corrected chi connectivity index (χ1v) is 7.29. The molecular weight excluding hydrogens is 225 g/mol. The van der Waals surface area contributed by atoms with Crippen LogP contribution in [0.3, 0.4) is 0 Å². The van der Waals surface area contributed by atoms with Crippen LogP contribution >= 0.6 is 0 Å². The van der Waals surface area contributed by atoms with E-state index in [9.17, 15) is 4.39 Å². The van der Waals surface area contributed by atoms with Gasteiger partial charge in [0.2, 0.25) is 0 Å². The molecule has 1 saturated heterocycles. The van der Waals surface area contributed by atoms with Crippen molar-refractivity contribution in [3.05, 3.63) is 35.4 Å². The van der Waals surface area contributed by atoms with Gasteiger partial charge in [0.1, 0.15) is 6.17 Å². The molecule has 0 aromatic heterocycles. The first kappa shape index (κ1) is 12.2. The topological polar surface area (TPSA) is 12.0 Å². The van der Waals surface area contributed by atoms with E-state index in [-0.39, 0.29) is 5.92 Å². The van der Waals surface area contributed by atoms with E-state index in [0.717, 1.165) is 31.5 Å². The average molecular weight is 247 g/mol.